The Morgan fingerprint density at radius 2 is 1.71 bits per heavy atom. The normalized spacial score (nSPS) is 26.9. The summed E-state index contributed by atoms with van der Waals surface area (Å²) >= 11 is 0. The van der Waals surface area contributed by atoms with Crippen molar-refractivity contribution < 1.29 is 4.74 Å². The second-order valence-electron chi connectivity index (χ2n) is 5.98. The Morgan fingerprint density at radius 3 is 2.00 bits per heavy atom. The third-order valence-corrected chi connectivity index (χ3v) is 4.99. The van der Waals surface area contributed by atoms with Crippen molar-refractivity contribution in [1.82, 2.24) is 0 Å². The fourth-order valence-corrected chi connectivity index (χ4v) is 3.88. The van der Waals surface area contributed by atoms with Gasteiger partial charge in [0, 0.05) is 11.3 Å². The highest BCUT2D eigenvalue weighted by Gasteiger charge is 2.47. The molecule has 0 aromatic rings. The quantitative estimate of drug-likeness (QED) is 0.658. The molecule has 0 aromatic heterocycles. The van der Waals surface area contributed by atoms with Gasteiger partial charge in [-0.15, -0.1) is 0 Å². The molecule has 1 fully saturated rings. The Kier molecular flexibility index (Phi) is 3.12. The molecule has 94 valence electrons. The first-order valence-corrected chi connectivity index (χ1v) is 7.31. The molecule has 0 radical (unpaired) electrons. The Bertz CT molecular complexity index is 317. The molecule has 2 aliphatic carbocycles. The predicted molar refractivity (Wildman–Crippen MR) is 70.9 cm³/mol. The van der Waals surface area contributed by atoms with Crippen molar-refractivity contribution in [3.05, 3.63) is 23.3 Å². The van der Waals surface area contributed by atoms with Crippen molar-refractivity contribution in [3.8, 4) is 0 Å². The van der Waals surface area contributed by atoms with Gasteiger partial charge >= 0.3 is 0 Å². The highest BCUT2D eigenvalue weighted by Crippen LogP contribution is 2.50. The predicted octanol–water partition coefficient (Wildman–Crippen LogP) is 4.25. The Hall–Kier alpha value is -0.560. The van der Waals surface area contributed by atoms with Gasteiger partial charge in [0.05, 0.1) is 13.2 Å². The molecule has 0 unspecified atom stereocenters. The maximum atomic E-state index is 5.57. The summed E-state index contributed by atoms with van der Waals surface area (Å²) in [4.78, 5) is 0. The van der Waals surface area contributed by atoms with Crippen molar-refractivity contribution in [2.24, 2.45) is 11.3 Å². The minimum Gasteiger partial charge on any atom is -0.380 e. The zero-order chi connectivity index (χ0) is 11.7. The van der Waals surface area contributed by atoms with Crippen molar-refractivity contribution >= 4 is 0 Å². The molecule has 3 aliphatic rings. The van der Waals surface area contributed by atoms with Gasteiger partial charge in [-0.3, -0.25) is 0 Å². The topological polar surface area (TPSA) is 9.23 Å². The zero-order valence-corrected chi connectivity index (χ0v) is 11.0. The van der Waals surface area contributed by atoms with Gasteiger partial charge in [-0.25, -0.2) is 0 Å². The average molecular weight is 232 g/mol. The highest BCUT2D eigenvalue weighted by molar-refractivity contribution is 5.30. The van der Waals surface area contributed by atoms with E-state index in [1.807, 2.05) is 0 Å². The molecule has 0 atom stereocenters. The third-order valence-electron chi connectivity index (χ3n) is 4.99. The molecule has 1 heterocycles. The maximum Gasteiger partial charge on any atom is 0.0553 e. The molecule has 0 bridgehead atoms. The van der Waals surface area contributed by atoms with Crippen molar-refractivity contribution in [2.45, 2.75) is 51.9 Å². The molecule has 0 spiro atoms. The van der Waals surface area contributed by atoms with Gasteiger partial charge in [-0.05, 0) is 44.9 Å². The first kappa shape index (κ1) is 11.5. The number of hydrogen-bond donors (Lipinski definition) is 0. The summed E-state index contributed by atoms with van der Waals surface area (Å²) in [6.45, 7) is 4.33. The summed E-state index contributed by atoms with van der Waals surface area (Å²) in [6.07, 6.45) is 14.4. The van der Waals surface area contributed by atoms with Crippen molar-refractivity contribution in [3.63, 3.8) is 0 Å². The van der Waals surface area contributed by atoms with E-state index in [0.717, 1.165) is 19.1 Å². The molecule has 0 saturated carbocycles. The van der Waals surface area contributed by atoms with Gasteiger partial charge in [0.2, 0.25) is 0 Å². The summed E-state index contributed by atoms with van der Waals surface area (Å²) in [6, 6.07) is 0. The number of ether oxygens (including phenoxy) is 1. The summed E-state index contributed by atoms with van der Waals surface area (Å²) in [5.41, 5.74) is 3.93. The van der Waals surface area contributed by atoms with E-state index in [1.54, 1.807) is 11.1 Å². The van der Waals surface area contributed by atoms with Crippen LogP contribution in [0.3, 0.4) is 0 Å². The SMILES string of the molecule is CCC1(C(C2=CCCC2)C2=CCCC2)COC1. The third kappa shape index (κ3) is 1.89. The highest BCUT2D eigenvalue weighted by atomic mass is 16.5. The Labute approximate surface area is 105 Å². The number of rotatable bonds is 4. The maximum absolute atomic E-state index is 5.57. The summed E-state index contributed by atoms with van der Waals surface area (Å²) in [5, 5.41) is 0. The van der Waals surface area contributed by atoms with E-state index < -0.39 is 0 Å². The monoisotopic (exact) mass is 232 g/mol. The molecule has 1 aliphatic heterocycles. The van der Waals surface area contributed by atoms with Gasteiger partial charge < -0.3 is 4.74 Å². The van der Waals surface area contributed by atoms with E-state index in [-0.39, 0.29) is 0 Å². The first-order chi connectivity index (χ1) is 8.36. The Balaban J connectivity index is 1.90. The van der Waals surface area contributed by atoms with Crippen LogP contribution in [-0.2, 0) is 4.74 Å². The van der Waals surface area contributed by atoms with E-state index in [4.69, 9.17) is 4.74 Å². The van der Waals surface area contributed by atoms with Crippen molar-refractivity contribution in [1.29, 1.82) is 0 Å². The minimum atomic E-state index is 0.451. The van der Waals surface area contributed by atoms with Crippen LogP contribution < -0.4 is 0 Å². The summed E-state index contributed by atoms with van der Waals surface area (Å²) in [5.74, 6) is 0.728. The molecule has 1 heteroatoms. The smallest absolute Gasteiger partial charge is 0.0553 e. The molecule has 1 saturated heterocycles. The van der Waals surface area contributed by atoms with E-state index >= 15 is 0 Å². The molecule has 17 heavy (non-hydrogen) atoms. The first-order valence-electron chi connectivity index (χ1n) is 7.31. The molecular weight excluding hydrogens is 208 g/mol. The summed E-state index contributed by atoms with van der Waals surface area (Å²) < 4.78 is 5.57. The van der Waals surface area contributed by atoms with Crippen LogP contribution in [0.5, 0.6) is 0 Å². The van der Waals surface area contributed by atoms with E-state index in [1.165, 1.54) is 44.9 Å². The zero-order valence-electron chi connectivity index (χ0n) is 11.0. The van der Waals surface area contributed by atoms with Crippen LogP contribution in [0.2, 0.25) is 0 Å². The van der Waals surface area contributed by atoms with Gasteiger partial charge in [-0.1, -0.05) is 30.2 Å². The van der Waals surface area contributed by atoms with Crippen LogP contribution in [0.4, 0.5) is 0 Å². The van der Waals surface area contributed by atoms with E-state index in [9.17, 15) is 0 Å². The lowest BCUT2D eigenvalue weighted by Crippen LogP contribution is -2.49. The van der Waals surface area contributed by atoms with Crippen LogP contribution in [0.15, 0.2) is 23.3 Å². The molecule has 0 aromatic carbocycles. The van der Waals surface area contributed by atoms with Gasteiger partial charge in [0.15, 0.2) is 0 Å². The van der Waals surface area contributed by atoms with Gasteiger partial charge in [0.1, 0.15) is 0 Å². The molecule has 0 N–H and O–H groups in total. The largest absolute Gasteiger partial charge is 0.380 e. The van der Waals surface area contributed by atoms with E-state index in [2.05, 4.69) is 19.1 Å². The number of allylic oxidation sites excluding steroid dienone is 4. The molecule has 0 amide bonds. The second kappa shape index (κ2) is 4.61. The van der Waals surface area contributed by atoms with E-state index in [0.29, 0.717) is 5.41 Å². The van der Waals surface area contributed by atoms with Gasteiger partial charge in [0.25, 0.3) is 0 Å². The fourth-order valence-electron chi connectivity index (χ4n) is 3.88. The van der Waals surface area contributed by atoms with Crippen LogP contribution in [0.25, 0.3) is 0 Å². The fraction of sp³-hybridized carbons (Fsp3) is 0.750. The van der Waals surface area contributed by atoms with Crippen LogP contribution in [0.1, 0.15) is 51.9 Å². The van der Waals surface area contributed by atoms with Crippen molar-refractivity contribution in [2.75, 3.05) is 13.2 Å². The lowest BCUT2D eigenvalue weighted by atomic mass is 9.65. The van der Waals surface area contributed by atoms with Crippen LogP contribution in [0, 0.1) is 11.3 Å². The Morgan fingerprint density at radius 1 is 1.12 bits per heavy atom. The lowest BCUT2D eigenvalue weighted by Gasteiger charge is -2.48. The standard InChI is InChI=1S/C16H24O/c1-2-16(11-17-12-16)15(13-7-3-4-8-13)14-9-5-6-10-14/h7,9,15H,2-6,8,10-12H2,1H3. The lowest BCUT2D eigenvalue weighted by molar-refractivity contribution is -0.133. The summed E-state index contributed by atoms with van der Waals surface area (Å²) in [7, 11) is 0. The average Bonchev–Trinajstić information content (AvgIpc) is 2.96. The molecule has 1 nitrogen and oxygen atoms in total. The molecular formula is C16H24O. The second-order valence-corrected chi connectivity index (χ2v) is 5.98. The van der Waals surface area contributed by atoms with Crippen LogP contribution >= 0.6 is 0 Å². The van der Waals surface area contributed by atoms with Crippen LogP contribution in [-0.4, -0.2) is 13.2 Å². The number of hydrogen-bond acceptors (Lipinski definition) is 1. The molecule has 3 rings (SSSR count). The van der Waals surface area contributed by atoms with Gasteiger partial charge in [-0.2, -0.15) is 0 Å². The minimum absolute atomic E-state index is 0.451.